The second-order valence-corrected chi connectivity index (χ2v) is 10.2. The van der Waals surface area contributed by atoms with Crippen molar-refractivity contribution in [2.24, 2.45) is 0 Å². The van der Waals surface area contributed by atoms with Gasteiger partial charge in [-0.1, -0.05) is 0 Å². The van der Waals surface area contributed by atoms with Gasteiger partial charge in [0.05, 0.1) is 17.8 Å². The Morgan fingerprint density at radius 1 is 1.14 bits per heavy atom. The SMILES string of the molecule is CCOc1cc2ncnc(Nc3ccc(Oc4cc5nncn5cn4)c(C)c3)c2cc1NC(=O)/C(F)=C\[C@@H]1CCCN1C. The van der Waals surface area contributed by atoms with Crippen molar-refractivity contribution in [3.63, 3.8) is 0 Å². The maximum absolute atomic E-state index is 14.9. The number of carbonyl (C=O) groups excluding carboxylic acids is 1. The number of benzene rings is 2. The van der Waals surface area contributed by atoms with Crippen LogP contribution in [0.2, 0.25) is 0 Å². The van der Waals surface area contributed by atoms with Crippen LogP contribution < -0.4 is 20.1 Å². The van der Waals surface area contributed by atoms with E-state index in [9.17, 15) is 9.18 Å². The van der Waals surface area contributed by atoms with Gasteiger partial charge in [-0.2, -0.15) is 0 Å². The molecule has 3 aromatic heterocycles. The number of aryl methyl sites for hydroxylation is 1. The Labute approximate surface area is 246 Å². The summed E-state index contributed by atoms with van der Waals surface area (Å²) in [5, 5.41) is 14.5. The summed E-state index contributed by atoms with van der Waals surface area (Å²) in [5.41, 5.74) is 3.14. The lowest BCUT2D eigenvalue weighted by Crippen LogP contribution is -2.24. The van der Waals surface area contributed by atoms with Crippen molar-refractivity contribution < 1.29 is 18.7 Å². The molecule has 0 spiro atoms. The summed E-state index contributed by atoms with van der Waals surface area (Å²) in [6.45, 7) is 4.98. The van der Waals surface area contributed by atoms with E-state index in [0.717, 1.165) is 30.6 Å². The Balaban J connectivity index is 1.25. The molecule has 2 aromatic carbocycles. The molecular formula is C30H30FN9O3. The number of amides is 1. The number of nitrogens with zero attached hydrogens (tertiary/aromatic N) is 7. The quantitative estimate of drug-likeness (QED) is 0.223. The predicted octanol–water partition coefficient (Wildman–Crippen LogP) is 5.20. The highest BCUT2D eigenvalue weighted by molar-refractivity contribution is 6.05. The molecule has 1 aliphatic heterocycles. The number of fused-ring (bicyclic) bond motifs is 2. The Bertz CT molecular complexity index is 1840. The van der Waals surface area contributed by atoms with Crippen molar-refractivity contribution in [1.29, 1.82) is 0 Å². The standard InChI is InChI=1S/C30H30FN9O3/c1-4-42-26-13-23-21(12-24(26)37-30(41)22(31)11-20-6-5-9-39(20)3)29(33-15-32-23)36-19-7-8-25(18(2)10-19)43-28-14-27-38-35-17-40(27)16-34-28/h7-8,10-17,20H,4-6,9H2,1-3H3,(H,37,41)(H,32,33,36)/b22-11+/t20-/m0/s1. The third kappa shape index (κ3) is 6.06. The lowest BCUT2D eigenvalue weighted by Gasteiger charge is -2.16. The Hall–Kier alpha value is -5.17. The van der Waals surface area contributed by atoms with Crippen molar-refractivity contribution in [3.8, 4) is 17.4 Å². The number of likely N-dealkylation sites (tertiary alicyclic amines) is 1. The lowest BCUT2D eigenvalue weighted by molar-refractivity contribution is -0.114. The van der Waals surface area contributed by atoms with E-state index < -0.39 is 11.7 Å². The van der Waals surface area contributed by atoms with Crippen LogP contribution in [0.15, 0.2) is 67.3 Å². The van der Waals surface area contributed by atoms with E-state index in [4.69, 9.17) is 9.47 Å². The molecule has 6 rings (SSSR count). The molecule has 12 nitrogen and oxygen atoms in total. The van der Waals surface area contributed by atoms with Gasteiger partial charge in [-0.25, -0.2) is 19.3 Å². The fraction of sp³-hybridized carbons (Fsp3) is 0.267. The fourth-order valence-corrected chi connectivity index (χ4v) is 4.99. The van der Waals surface area contributed by atoms with Gasteiger partial charge in [0, 0.05) is 29.2 Å². The van der Waals surface area contributed by atoms with Crippen LogP contribution in [0.5, 0.6) is 17.4 Å². The number of nitrogens with one attached hydrogen (secondary N) is 2. The molecule has 4 heterocycles. The van der Waals surface area contributed by atoms with Crippen LogP contribution in [0, 0.1) is 6.92 Å². The van der Waals surface area contributed by atoms with Gasteiger partial charge < -0.3 is 20.1 Å². The molecule has 1 saturated heterocycles. The molecule has 0 bridgehead atoms. The van der Waals surface area contributed by atoms with Gasteiger partial charge in [0.25, 0.3) is 5.91 Å². The topological polar surface area (TPSA) is 132 Å². The first-order chi connectivity index (χ1) is 20.9. The van der Waals surface area contributed by atoms with E-state index in [1.807, 2.05) is 44.0 Å². The molecule has 43 heavy (non-hydrogen) atoms. The van der Waals surface area contributed by atoms with Crippen molar-refractivity contribution in [1.82, 2.24) is 34.4 Å². The minimum absolute atomic E-state index is 0.105. The number of anilines is 3. The van der Waals surface area contributed by atoms with E-state index in [2.05, 4.69) is 35.8 Å². The summed E-state index contributed by atoms with van der Waals surface area (Å²) in [6.07, 6.45) is 7.74. The minimum Gasteiger partial charge on any atom is -0.492 e. The predicted molar refractivity (Wildman–Crippen MR) is 159 cm³/mol. The highest BCUT2D eigenvalue weighted by atomic mass is 19.1. The molecule has 1 fully saturated rings. The van der Waals surface area contributed by atoms with Gasteiger partial charge in [-0.3, -0.25) is 14.1 Å². The zero-order valence-corrected chi connectivity index (χ0v) is 23.9. The first kappa shape index (κ1) is 28.0. The number of aromatic nitrogens is 6. The highest BCUT2D eigenvalue weighted by Crippen LogP contribution is 2.35. The van der Waals surface area contributed by atoms with E-state index in [0.29, 0.717) is 52.0 Å². The number of hydrogen-bond acceptors (Lipinski definition) is 10. The maximum Gasteiger partial charge on any atom is 0.284 e. The summed E-state index contributed by atoms with van der Waals surface area (Å²) >= 11 is 0. The van der Waals surface area contributed by atoms with E-state index in [1.54, 1.807) is 35.3 Å². The van der Waals surface area contributed by atoms with Crippen LogP contribution in [0.25, 0.3) is 16.6 Å². The van der Waals surface area contributed by atoms with Gasteiger partial charge in [0.2, 0.25) is 5.88 Å². The second-order valence-electron chi connectivity index (χ2n) is 10.2. The number of halogens is 1. The molecule has 5 aromatic rings. The normalized spacial score (nSPS) is 15.6. The molecule has 13 heteroatoms. The van der Waals surface area contributed by atoms with Gasteiger partial charge in [0.1, 0.15) is 36.3 Å². The highest BCUT2D eigenvalue weighted by Gasteiger charge is 2.22. The smallest absolute Gasteiger partial charge is 0.284 e. The third-order valence-corrected chi connectivity index (χ3v) is 7.23. The van der Waals surface area contributed by atoms with Crippen molar-refractivity contribution in [2.75, 3.05) is 30.8 Å². The molecule has 220 valence electrons. The van der Waals surface area contributed by atoms with Gasteiger partial charge in [0.15, 0.2) is 11.5 Å². The summed E-state index contributed by atoms with van der Waals surface area (Å²) < 4.78 is 28.3. The molecule has 1 amide bonds. The summed E-state index contributed by atoms with van der Waals surface area (Å²) in [7, 11) is 1.92. The van der Waals surface area contributed by atoms with E-state index in [1.165, 1.54) is 12.4 Å². The van der Waals surface area contributed by atoms with Crippen LogP contribution in [-0.4, -0.2) is 66.6 Å². The van der Waals surface area contributed by atoms with Crippen LogP contribution in [0.1, 0.15) is 25.3 Å². The monoisotopic (exact) mass is 583 g/mol. The zero-order chi connectivity index (χ0) is 29.9. The summed E-state index contributed by atoms with van der Waals surface area (Å²) in [4.78, 5) is 28.0. The van der Waals surface area contributed by atoms with Crippen molar-refractivity contribution in [3.05, 3.63) is 72.8 Å². The van der Waals surface area contributed by atoms with Crippen molar-refractivity contribution >= 4 is 39.6 Å². The number of carbonyl (C=O) groups is 1. The first-order valence-electron chi connectivity index (χ1n) is 13.9. The average Bonchev–Trinajstić information content (AvgIpc) is 3.63. The van der Waals surface area contributed by atoms with Crippen molar-refractivity contribution in [2.45, 2.75) is 32.7 Å². The maximum atomic E-state index is 14.9. The molecule has 1 aliphatic rings. The number of hydrogen-bond donors (Lipinski definition) is 2. The van der Waals surface area contributed by atoms with Gasteiger partial charge >= 0.3 is 0 Å². The van der Waals surface area contributed by atoms with Crippen LogP contribution in [0.3, 0.4) is 0 Å². The minimum atomic E-state index is -0.837. The van der Waals surface area contributed by atoms with E-state index in [-0.39, 0.29) is 6.04 Å². The second kappa shape index (κ2) is 12.0. The molecular weight excluding hydrogens is 553 g/mol. The first-order valence-corrected chi connectivity index (χ1v) is 13.9. The Morgan fingerprint density at radius 2 is 2.02 bits per heavy atom. The van der Waals surface area contributed by atoms with Crippen LogP contribution in [-0.2, 0) is 4.79 Å². The molecule has 0 radical (unpaired) electrons. The zero-order valence-electron chi connectivity index (χ0n) is 23.9. The van der Waals surface area contributed by atoms with Crippen LogP contribution in [0.4, 0.5) is 21.6 Å². The molecule has 0 saturated carbocycles. The summed E-state index contributed by atoms with van der Waals surface area (Å²) in [5.74, 6) is 0.231. The Morgan fingerprint density at radius 3 is 2.81 bits per heavy atom. The molecule has 0 unspecified atom stereocenters. The fourth-order valence-electron chi connectivity index (χ4n) is 4.99. The largest absolute Gasteiger partial charge is 0.492 e. The molecule has 0 aliphatic carbocycles. The van der Waals surface area contributed by atoms with Gasteiger partial charge in [-0.05, 0) is 76.2 Å². The van der Waals surface area contributed by atoms with Crippen LogP contribution >= 0.6 is 0 Å². The third-order valence-electron chi connectivity index (χ3n) is 7.23. The average molecular weight is 584 g/mol. The lowest BCUT2D eigenvalue weighted by atomic mass is 10.1. The van der Waals surface area contributed by atoms with E-state index >= 15 is 0 Å². The number of ether oxygens (including phenoxy) is 2. The Kier molecular flexibility index (Phi) is 7.79. The molecule has 1 atom stereocenters. The van der Waals surface area contributed by atoms with Gasteiger partial charge in [-0.15, -0.1) is 10.2 Å². The number of rotatable bonds is 9. The molecule has 2 N–H and O–H groups in total. The summed E-state index contributed by atoms with van der Waals surface area (Å²) in [6, 6.07) is 10.6. The number of likely N-dealkylation sites (N-methyl/N-ethyl adjacent to an activating group) is 1.